The molecule has 2 aromatic rings. The first-order valence-electron chi connectivity index (χ1n) is 19.1. The zero-order chi connectivity index (χ0) is 36.5. The number of alkyl halides is 1. The molecule has 51 heavy (non-hydrogen) atoms. The van der Waals surface area contributed by atoms with Crippen molar-refractivity contribution in [2.24, 2.45) is 41.2 Å². The van der Waals surface area contributed by atoms with Crippen LogP contribution in [0.15, 0.2) is 29.6 Å². The quantitative estimate of drug-likeness (QED) is 0.0661. The molecule has 4 unspecified atom stereocenters. The van der Waals surface area contributed by atoms with Crippen LogP contribution in [0.2, 0.25) is 0 Å². The number of thiazole rings is 1. The number of aromatic nitrogens is 1. The molecule has 2 aliphatic carbocycles. The number of aliphatic hydroxyl groups excluding tert-OH is 2. The van der Waals surface area contributed by atoms with Gasteiger partial charge in [0.15, 0.2) is 11.3 Å². The fourth-order valence-electron chi connectivity index (χ4n) is 8.97. The molecule has 282 valence electrons. The molecule has 3 aliphatic rings. The largest absolute Gasteiger partial charge is 0.481 e. The number of aliphatic carboxylic acids is 1. The number of primary amides is 1. The summed E-state index contributed by atoms with van der Waals surface area (Å²) in [6, 6.07) is 8.30. The van der Waals surface area contributed by atoms with E-state index in [1.54, 1.807) is 0 Å². The van der Waals surface area contributed by atoms with E-state index >= 15 is 0 Å². The van der Waals surface area contributed by atoms with Gasteiger partial charge >= 0.3 is 5.97 Å². The minimum Gasteiger partial charge on any atom is -0.481 e. The van der Waals surface area contributed by atoms with Gasteiger partial charge in [0.05, 0.1) is 17.7 Å². The van der Waals surface area contributed by atoms with Gasteiger partial charge in [-0.15, -0.1) is 11.3 Å². The maximum atomic E-state index is 13.8. The van der Waals surface area contributed by atoms with Gasteiger partial charge in [-0.25, -0.2) is 9.37 Å². The van der Waals surface area contributed by atoms with Crippen molar-refractivity contribution in [1.82, 2.24) is 4.98 Å². The molecule has 0 radical (unpaired) electrons. The van der Waals surface area contributed by atoms with Gasteiger partial charge in [0.25, 0.3) is 5.91 Å². The van der Waals surface area contributed by atoms with E-state index in [0.717, 1.165) is 94.0 Å². The molecule has 12 heteroatoms. The third kappa shape index (κ3) is 10.4. The lowest BCUT2D eigenvalue weighted by atomic mass is 9.68. The highest BCUT2D eigenvalue weighted by atomic mass is 32.1. The van der Waals surface area contributed by atoms with Gasteiger partial charge < -0.3 is 31.1 Å². The van der Waals surface area contributed by atoms with Crippen LogP contribution in [0.25, 0.3) is 0 Å². The molecule has 10 nitrogen and oxygen atoms in total. The third-order valence-electron chi connectivity index (χ3n) is 12.0. The summed E-state index contributed by atoms with van der Waals surface area (Å²) in [5.74, 6) is -1.36. The molecule has 1 aromatic carbocycles. The first-order chi connectivity index (χ1) is 24.5. The lowest BCUT2D eigenvalue weighted by Crippen LogP contribution is -2.64. The number of aliphatic hydroxyl groups is 3. The minimum atomic E-state index is -1.85. The lowest BCUT2D eigenvalue weighted by molar-refractivity contribution is -0.159. The van der Waals surface area contributed by atoms with Crippen LogP contribution in [0.5, 0.6) is 0 Å². The number of carboxylic acid groups (broad SMARTS) is 1. The summed E-state index contributed by atoms with van der Waals surface area (Å²) < 4.78 is 13.7. The van der Waals surface area contributed by atoms with Crippen LogP contribution in [0.1, 0.15) is 117 Å². The minimum absolute atomic E-state index is 0.0488. The second-order valence-electron chi connectivity index (χ2n) is 15.3. The topological polar surface area (TPSA) is 174 Å². The number of rotatable bonds is 19. The molecule has 3 fully saturated rings. The average Bonchev–Trinajstić information content (AvgIpc) is 3.60. The Balaban J connectivity index is 1.18. The highest BCUT2D eigenvalue weighted by Gasteiger charge is 2.51. The number of amides is 2. The second kappa shape index (κ2) is 18.7. The molecule has 1 aliphatic heterocycles. The number of β-lactam (4-membered cyclic amide) rings is 1. The second-order valence-corrected chi connectivity index (χ2v) is 16.1. The van der Waals surface area contributed by atoms with E-state index in [-0.39, 0.29) is 36.8 Å². The van der Waals surface area contributed by atoms with Crippen LogP contribution in [0.3, 0.4) is 0 Å². The number of halogens is 1. The zero-order valence-electron chi connectivity index (χ0n) is 29.6. The average molecular weight is 730 g/mol. The van der Waals surface area contributed by atoms with Crippen molar-refractivity contribution in [1.29, 1.82) is 0 Å². The Kier molecular flexibility index (Phi) is 14.4. The molecule has 5 rings (SSSR count). The van der Waals surface area contributed by atoms with Gasteiger partial charge in [-0.3, -0.25) is 14.4 Å². The summed E-state index contributed by atoms with van der Waals surface area (Å²) in [6.07, 6.45) is 11.0. The van der Waals surface area contributed by atoms with Crippen LogP contribution in [0, 0.1) is 35.5 Å². The number of carbonyl (C=O) groups is 3. The predicted octanol–water partition coefficient (Wildman–Crippen LogP) is 6.04. The normalized spacial score (nSPS) is 26.5. The van der Waals surface area contributed by atoms with Crippen LogP contribution in [0.4, 0.5) is 10.1 Å². The number of nitrogens with two attached hydrogens (primary N) is 1. The summed E-state index contributed by atoms with van der Waals surface area (Å²) in [7, 11) is 0. The predicted molar refractivity (Wildman–Crippen MR) is 194 cm³/mol. The van der Waals surface area contributed by atoms with E-state index in [4.69, 9.17) is 5.73 Å². The number of carbonyl (C=O) groups excluding carboxylic acids is 2. The SMILES string of the molecule is NC(=O)c1nc(CCc2ccc(N3C(=O)C(CCCCC(CO)C4CCC(F)CC4)C3C3CCC(CCCC(C(=O)O)C(O)O)CC3)cc2)cs1. The molecule has 0 spiro atoms. The number of aryl methyl sites for hydroxylation is 2. The number of carboxylic acids is 1. The smallest absolute Gasteiger partial charge is 0.311 e. The molecule has 0 bridgehead atoms. The first kappa shape index (κ1) is 39.3. The number of unbranched alkanes of at least 4 members (excludes halogenated alkanes) is 1. The number of hydrogen-bond acceptors (Lipinski definition) is 8. The van der Waals surface area contributed by atoms with Crippen molar-refractivity contribution in [3.63, 3.8) is 0 Å². The van der Waals surface area contributed by atoms with Crippen LogP contribution in [-0.4, -0.2) is 68.3 Å². The summed E-state index contributed by atoms with van der Waals surface area (Å²) in [5, 5.41) is 40.4. The maximum Gasteiger partial charge on any atom is 0.311 e. The number of hydrogen-bond donors (Lipinski definition) is 5. The van der Waals surface area contributed by atoms with E-state index in [1.807, 2.05) is 22.4 Å². The number of nitrogens with zero attached hydrogens (tertiary/aromatic N) is 2. The Morgan fingerprint density at radius 1 is 0.941 bits per heavy atom. The molecule has 6 N–H and O–H groups in total. The number of anilines is 1. The van der Waals surface area contributed by atoms with Gasteiger partial charge in [-0.2, -0.15) is 0 Å². The van der Waals surface area contributed by atoms with Crippen molar-refractivity contribution >= 4 is 34.8 Å². The summed E-state index contributed by atoms with van der Waals surface area (Å²) in [5.41, 5.74) is 8.20. The Labute approximate surface area is 304 Å². The van der Waals surface area contributed by atoms with E-state index in [0.29, 0.717) is 48.4 Å². The van der Waals surface area contributed by atoms with Crippen molar-refractivity contribution in [2.75, 3.05) is 11.5 Å². The molecule has 2 heterocycles. The Morgan fingerprint density at radius 2 is 1.65 bits per heavy atom. The molecular formula is C39H56FN3O7S. The molecule has 2 amide bonds. The lowest BCUT2D eigenvalue weighted by Gasteiger charge is -2.52. The third-order valence-corrected chi connectivity index (χ3v) is 12.9. The molecule has 4 atom stereocenters. The van der Waals surface area contributed by atoms with E-state index < -0.39 is 30.3 Å². The summed E-state index contributed by atoms with van der Waals surface area (Å²) in [6.45, 7) is 0.134. The van der Waals surface area contributed by atoms with Crippen molar-refractivity contribution in [2.45, 2.75) is 128 Å². The first-order valence-corrected chi connectivity index (χ1v) is 19.9. The highest BCUT2D eigenvalue weighted by molar-refractivity contribution is 7.11. The molecular weight excluding hydrogens is 674 g/mol. The molecule has 1 aromatic heterocycles. The summed E-state index contributed by atoms with van der Waals surface area (Å²) in [4.78, 5) is 42.9. The van der Waals surface area contributed by atoms with Crippen molar-refractivity contribution < 1.29 is 39.2 Å². The Bertz CT molecular complexity index is 1420. The van der Waals surface area contributed by atoms with Crippen LogP contribution in [-0.2, 0) is 22.4 Å². The van der Waals surface area contributed by atoms with Gasteiger partial charge in [-0.1, -0.05) is 50.7 Å². The Hall–Kier alpha value is -2.93. The van der Waals surface area contributed by atoms with E-state index in [9.17, 15) is 39.2 Å². The molecule has 2 saturated carbocycles. The van der Waals surface area contributed by atoms with Gasteiger partial charge in [0.2, 0.25) is 5.91 Å². The van der Waals surface area contributed by atoms with Crippen molar-refractivity contribution in [3.05, 3.63) is 45.9 Å². The maximum absolute atomic E-state index is 13.8. The number of benzene rings is 1. The monoisotopic (exact) mass is 729 g/mol. The van der Waals surface area contributed by atoms with Crippen molar-refractivity contribution in [3.8, 4) is 0 Å². The van der Waals surface area contributed by atoms with Gasteiger partial charge in [0.1, 0.15) is 12.1 Å². The zero-order valence-corrected chi connectivity index (χ0v) is 30.4. The molecule has 1 saturated heterocycles. The fraction of sp³-hybridized carbons (Fsp3) is 0.692. The van der Waals surface area contributed by atoms with Crippen LogP contribution >= 0.6 is 11.3 Å². The van der Waals surface area contributed by atoms with E-state index in [1.165, 1.54) is 11.3 Å². The standard InChI is InChI=1S/C39H56FN3O7S/c40-29-17-15-26(16-18-29)28(22-44)5-1-2-6-32-34(27-13-8-24(9-14-27)4-3-7-33(38(47)48)39(49)50)43(37(32)46)31-20-11-25(12-21-31)10-19-30-23-51-36(42-30)35(41)45/h11-12,20-21,23-24,26-29,32-34,38,44,47-48H,1-10,13-19,22H2,(H2,41,45)(H,49,50). The fourth-order valence-corrected chi connectivity index (χ4v) is 9.68. The van der Waals surface area contributed by atoms with Gasteiger partial charge in [0, 0.05) is 17.7 Å². The highest BCUT2D eigenvalue weighted by Crippen LogP contribution is 2.46. The van der Waals surface area contributed by atoms with Crippen LogP contribution < -0.4 is 10.6 Å². The Morgan fingerprint density at radius 3 is 2.25 bits per heavy atom. The summed E-state index contributed by atoms with van der Waals surface area (Å²) >= 11 is 1.25. The van der Waals surface area contributed by atoms with E-state index in [2.05, 4.69) is 17.1 Å². The van der Waals surface area contributed by atoms with Gasteiger partial charge in [-0.05, 0) is 112 Å².